The van der Waals surface area contributed by atoms with Crippen LogP contribution in [0.4, 0.5) is 19.1 Å². The maximum atomic E-state index is 12.8. The second kappa shape index (κ2) is 6.83. The average molecular weight is 407 g/mol. The molecule has 0 saturated carbocycles. The highest BCUT2D eigenvalue weighted by molar-refractivity contribution is 7.86. The Morgan fingerprint density at radius 2 is 1.67 bits per heavy atom. The van der Waals surface area contributed by atoms with Crippen LogP contribution in [0, 0.1) is 11.8 Å². The van der Waals surface area contributed by atoms with E-state index >= 15 is 0 Å². The van der Waals surface area contributed by atoms with Gasteiger partial charge in [-0.2, -0.15) is 30.2 Å². The van der Waals surface area contributed by atoms with E-state index in [9.17, 15) is 21.6 Å². The second-order valence-corrected chi connectivity index (χ2v) is 8.93. The lowest BCUT2D eigenvalue weighted by Crippen LogP contribution is -2.48. The van der Waals surface area contributed by atoms with Crippen molar-refractivity contribution in [2.24, 2.45) is 11.8 Å². The molecule has 1 aromatic heterocycles. The topological polar surface area (TPSA) is 78.9 Å². The van der Waals surface area contributed by atoms with Gasteiger partial charge in [-0.25, -0.2) is 9.97 Å². The molecule has 0 N–H and O–H groups in total. The fourth-order valence-corrected chi connectivity index (χ4v) is 5.60. The number of hydrogen-bond acceptors (Lipinski definition) is 6. The number of alkyl halides is 3. The van der Waals surface area contributed by atoms with Crippen LogP contribution in [0.1, 0.15) is 5.69 Å². The highest BCUT2D eigenvalue weighted by atomic mass is 32.2. The zero-order chi connectivity index (χ0) is 19.2. The summed E-state index contributed by atoms with van der Waals surface area (Å²) in [6, 6.07) is 0.844. The molecule has 2 atom stereocenters. The number of hydrogen-bond donors (Lipinski definition) is 0. The lowest BCUT2D eigenvalue weighted by atomic mass is 10.0. The monoisotopic (exact) mass is 407 g/mol. The van der Waals surface area contributed by atoms with Gasteiger partial charge in [-0.05, 0) is 17.9 Å². The summed E-state index contributed by atoms with van der Waals surface area (Å²) in [5.74, 6) is 0.153. The Hall–Kier alpha value is -1.50. The number of rotatable bonds is 3. The summed E-state index contributed by atoms with van der Waals surface area (Å²) in [4.78, 5) is 9.31. The van der Waals surface area contributed by atoms with Crippen LogP contribution in [0.25, 0.3) is 0 Å². The predicted molar refractivity (Wildman–Crippen MR) is 89.1 cm³/mol. The van der Waals surface area contributed by atoms with Gasteiger partial charge in [-0.3, -0.25) is 0 Å². The van der Waals surface area contributed by atoms with Gasteiger partial charge in [0.05, 0.1) is 13.2 Å². The fraction of sp³-hybridized carbons (Fsp3) is 0.733. The lowest BCUT2D eigenvalue weighted by molar-refractivity contribution is -0.141. The van der Waals surface area contributed by atoms with Gasteiger partial charge in [0.2, 0.25) is 5.95 Å². The number of morpholine rings is 1. The highest BCUT2D eigenvalue weighted by Gasteiger charge is 2.46. The molecule has 12 heteroatoms. The Morgan fingerprint density at radius 3 is 2.26 bits per heavy atom. The van der Waals surface area contributed by atoms with E-state index in [1.54, 1.807) is 4.90 Å². The van der Waals surface area contributed by atoms with Crippen molar-refractivity contribution in [1.29, 1.82) is 0 Å². The zero-order valence-corrected chi connectivity index (χ0v) is 15.3. The van der Waals surface area contributed by atoms with Crippen molar-refractivity contribution >= 4 is 16.2 Å². The molecular formula is C15H20F3N5O3S. The number of anilines is 1. The van der Waals surface area contributed by atoms with E-state index in [4.69, 9.17) is 4.74 Å². The van der Waals surface area contributed by atoms with Gasteiger partial charge in [0, 0.05) is 45.5 Å². The molecule has 0 aliphatic carbocycles. The number of fused-ring (bicyclic) bond motifs is 1. The largest absolute Gasteiger partial charge is 0.433 e. The van der Waals surface area contributed by atoms with Crippen molar-refractivity contribution in [3.63, 3.8) is 0 Å². The summed E-state index contributed by atoms with van der Waals surface area (Å²) in [6.45, 7) is 3.08. The lowest BCUT2D eigenvalue weighted by Gasteiger charge is -2.30. The van der Waals surface area contributed by atoms with Crippen LogP contribution in [0.15, 0.2) is 12.3 Å². The van der Waals surface area contributed by atoms with E-state index in [1.807, 2.05) is 0 Å². The molecule has 0 aromatic carbocycles. The smallest absolute Gasteiger partial charge is 0.379 e. The summed E-state index contributed by atoms with van der Waals surface area (Å²) in [5, 5.41) is 0. The third-order valence-electron chi connectivity index (χ3n) is 5.29. The van der Waals surface area contributed by atoms with Crippen molar-refractivity contribution in [3.8, 4) is 0 Å². The Balaban J connectivity index is 1.43. The Morgan fingerprint density at radius 1 is 1.04 bits per heavy atom. The van der Waals surface area contributed by atoms with E-state index in [2.05, 4.69) is 9.97 Å². The third-order valence-corrected chi connectivity index (χ3v) is 7.26. The van der Waals surface area contributed by atoms with Gasteiger partial charge >= 0.3 is 6.18 Å². The molecule has 3 fully saturated rings. The Bertz CT molecular complexity index is 786. The van der Waals surface area contributed by atoms with Crippen molar-refractivity contribution in [2.45, 2.75) is 6.18 Å². The molecule has 4 heterocycles. The van der Waals surface area contributed by atoms with Crippen molar-refractivity contribution in [3.05, 3.63) is 18.0 Å². The minimum atomic E-state index is -4.52. The first-order chi connectivity index (χ1) is 12.7. The summed E-state index contributed by atoms with van der Waals surface area (Å²) < 4.78 is 72.2. The summed E-state index contributed by atoms with van der Waals surface area (Å²) in [5.41, 5.74) is -0.971. The normalized spacial score (nSPS) is 27.9. The van der Waals surface area contributed by atoms with Crippen molar-refractivity contribution in [2.75, 3.05) is 57.4 Å². The second-order valence-electron chi connectivity index (χ2n) is 7.00. The number of nitrogens with zero attached hydrogens (tertiary/aromatic N) is 5. The summed E-state index contributed by atoms with van der Waals surface area (Å²) in [7, 11) is -3.52. The van der Waals surface area contributed by atoms with Crippen LogP contribution in [-0.4, -0.2) is 79.5 Å². The maximum absolute atomic E-state index is 12.8. The highest BCUT2D eigenvalue weighted by Crippen LogP contribution is 2.35. The van der Waals surface area contributed by atoms with E-state index < -0.39 is 22.1 Å². The molecule has 0 spiro atoms. The zero-order valence-electron chi connectivity index (χ0n) is 14.5. The molecule has 3 aliphatic rings. The molecule has 150 valence electrons. The first-order valence-electron chi connectivity index (χ1n) is 8.73. The van der Waals surface area contributed by atoms with E-state index in [1.165, 1.54) is 8.61 Å². The maximum Gasteiger partial charge on any atom is 0.433 e. The molecule has 4 rings (SSSR count). The molecule has 2 unspecified atom stereocenters. The SMILES string of the molecule is O=S(=O)(N1CCOCC1)N1CC2CN(c3nccc(C(F)(F)F)n3)CC2C1. The molecular weight excluding hydrogens is 387 g/mol. The molecule has 0 bridgehead atoms. The van der Waals surface area contributed by atoms with E-state index in [-0.39, 0.29) is 17.8 Å². The van der Waals surface area contributed by atoms with Gasteiger partial charge in [0.15, 0.2) is 0 Å². The van der Waals surface area contributed by atoms with Crippen LogP contribution >= 0.6 is 0 Å². The predicted octanol–water partition coefficient (Wildman–Crippen LogP) is 0.440. The van der Waals surface area contributed by atoms with Crippen molar-refractivity contribution < 1.29 is 26.3 Å². The first kappa shape index (κ1) is 18.8. The van der Waals surface area contributed by atoms with Crippen LogP contribution in [-0.2, 0) is 21.1 Å². The Kier molecular flexibility index (Phi) is 4.77. The third kappa shape index (κ3) is 3.62. The number of halogens is 3. The molecule has 0 radical (unpaired) electrons. The van der Waals surface area contributed by atoms with Gasteiger partial charge in [-0.15, -0.1) is 0 Å². The van der Waals surface area contributed by atoms with Crippen LogP contribution in [0.3, 0.4) is 0 Å². The van der Waals surface area contributed by atoms with Crippen molar-refractivity contribution in [1.82, 2.24) is 18.6 Å². The molecule has 3 saturated heterocycles. The number of ether oxygens (including phenoxy) is 1. The quantitative estimate of drug-likeness (QED) is 0.724. The van der Waals surface area contributed by atoms with E-state index in [0.717, 1.165) is 12.3 Å². The molecule has 1 aromatic rings. The standard InChI is InChI=1S/C15H20F3N5O3S/c16-15(17,18)13-1-2-19-14(20-13)21-7-11-9-23(10-12(11)8-21)27(24,25)22-3-5-26-6-4-22/h1-2,11-12H,3-10H2. The molecule has 0 amide bonds. The Labute approximate surface area is 155 Å². The minimum absolute atomic E-state index is 0.0433. The van der Waals surface area contributed by atoms with Gasteiger partial charge in [0.25, 0.3) is 10.2 Å². The van der Waals surface area contributed by atoms with Gasteiger partial charge in [-0.1, -0.05) is 0 Å². The average Bonchev–Trinajstić information content (AvgIpc) is 3.21. The molecule has 8 nitrogen and oxygen atoms in total. The summed E-state index contributed by atoms with van der Waals surface area (Å²) >= 11 is 0. The van der Waals surface area contributed by atoms with Gasteiger partial charge < -0.3 is 9.64 Å². The minimum Gasteiger partial charge on any atom is -0.379 e. The number of aromatic nitrogens is 2. The summed E-state index contributed by atoms with van der Waals surface area (Å²) in [6.07, 6.45) is -3.41. The first-order valence-corrected chi connectivity index (χ1v) is 10.1. The molecule has 3 aliphatic heterocycles. The fourth-order valence-electron chi connectivity index (χ4n) is 3.90. The van der Waals surface area contributed by atoms with Crippen LogP contribution < -0.4 is 4.90 Å². The van der Waals surface area contributed by atoms with E-state index in [0.29, 0.717) is 52.5 Å². The molecule has 27 heavy (non-hydrogen) atoms. The van der Waals surface area contributed by atoms with Crippen LogP contribution in [0.5, 0.6) is 0 Å². The van der Waals surface area contributed by atoms with Crippen LogP contribution in [0.2, 0.25) is 0 Å². The van der Waals surface area contributed by atoms with Gasteiger partial charge in [0.1, 0.15) is 5.69 Å².